The molecule has 2 N–H and O–H groups in total. The Hall–Kier alpha value is -4.01. The smallest absolute Gasteiger partial charge is 0.341 e. The van der Waals surface area contributed by atoms with Crippen molar-refractivity contribution < 1.29 is 38.9 Å². The molecule has 0 saturated carbocycles. The van der Waals surface area contributed by atoms with Crippen LogP contribution >= 0.6 is 11.6 Å². The Balaban J connectivity index is 0.000000165. The lowest BCUT2D eigenvalue weighted by Crippen LogP contribution is -2.57. The molecule has 0 bridgehead atoms. The number of carboxylic acid groups (broad SMARTS) is 2. The highest BCUT2D eigenvalue weighted by Gasteiger charge is 2.41. The van der Waals surface area contributed by atoms with Crippen LogP contribution in [0.2, 0.25) is 5.02 Å². The number of halogens is 1. The third kappa shape index (κ3) is 4.91. The molecule has 0 aliphatic carbocycles. The van der Waals surface area contributed by atoms with Crippen LogP contribution in [0.3, 0.4) is 0 Å². The van der Waals surface area contributed by atoms with Crippen LogP contribution in [-0.4, -0.2) is 90.7 Å². The van der Waals surface area contributed by atoms with Crippen LogP contribution in [0.4, 0.5) is 0 Å². The van der Waals surface area contributed by atoms with E-state index in [1.54, 1.807) is 9.80 Å². The third-order valence-corrected chi connectivity index (χ3v) is 8.02. The van der Waals surface area contributed by atoms with E-state index in [4.69, 9.17) is 31.3 Å². The lowest BCUT2D eigenvalue weighted by Gasteiger charge is -2.44. The number of nitrogens with zero attached hydrogens (tertiary/aromatic N) is 4. The number of aromatic carboxylic acids is 2. The Bertz CT molecular complexity index is 1580. The fourth-order valence-electron chi connectivity index (χ4n) is 5.50. The molecular weight excluding hydrogens is 564 g/mol. The number of ether oxygens (including phenoxy) is 2. The van der Waals surface area contributed by atoms with Gasteiger partial charge >= 0.3 is 11.9 Å². The summed E-state index contributed by atoms with van der Waals surface area (Å²) in [5, 5.41) is 17.7. The average Bonchev–Trinajstić information content (AvgIpc) is 2.91. The van der Waals surface area contributed by atoms with Gasteiger partial charge in [0.15, 0.2) is 17.9 Å². The monoisotopic (exact) mass is 590 g/mol. The second-order valence-electron chi connectivity index (χ2n) is 10.2. The van der Waals surface area contributed by atoms with Gasteiger partial charge in [-0.3, -0.25) is 19.2 Å². The van der Waals surface area contributed by atoms with Gasteiger partial charge in [0, 0.05) is 30.5 Å². The second kappa shape index (κ2) is 10.8. The van der Waals surface area contributed by atoms with Crippen molar-refractivity contribution in [1.82, 2.24) is 18.9 Å². The first-order valence-electron chi connectivity index (χ1n) is 12.9. The molecule has 4 aliphatic heterocycles. The number of hydrogen-bond donors (Lipinski definition) is 2. The van der Waals surface area contributed by atoms with Crippen molar-refractivity contribution >= 4 is 35.4 Å². The van der Waals surface area contributed by atoms with Crippen LogP contribution in [0.15, 0.2) is 28.0 Å². The molecule has 15 heteroatoms. The molecule has 218 valence electrons. The van der Waals surface area contributed by atoms with Crippen molar-refractivity contribution in [2.75, 3.05) is 13.2 Å². The van der Waals surface area contributed by atoms with E-state index in [0.29, 0.717) is 26.2 Å². The first-order valence-corrected chi connectivity index (χ1v) is 13.3. The second-order valence-corrected chi connectivity index (χ2v) is 10.6. The van der Waals surface area contributed by atoms with Crippen LogP contribution in [0.25, 0.3) is 0 Å². The molecule has 2 aromatic heterocycles. The zero-order valence-corrected chi connectivity index (χ0v) is 22.9. The molecule has 2 saturated heterocycles. The van der Waals surface area contributed by atoms with E-state index in [-0.39, 0.29) is 46.5 Å². The molecular formula is C26H27ClN4O10. The van der Waals surface area contributed by atoms with Crippen LogP contribution in [0.1, 0.15) is 68.4 Å². The van der Waals surface area contributed by atoms with Gasteiger partial charge in [0.1, 0.15) is 27.5 Å². The van der Waals surface area contributed by atoms with E-state index in [9.17, 15) is 28.8 Å². The molecule has 0 spiro atoms. The first-order chi connectivity index (χ1) is 19.4. The Kier molecular flexibility index (Phi) is 7.48. The number of pyridine rings is 2. The number of amides is 2. The number of rotatable bonds is 2. The summed E-state index contributed by atoms with van der Waals surface area (Å²) in [4.78, 5) is 73.9. The summed E-state index contributed by atoms with van der Waals surface area (Å²) in [5.74, 6) is -3.36. The van der Waals surface area contributed by atoms with E-state index in [1.165, 1.54) is 15.3 Å². The zero-order valence-electron chi connectivity index (χ0n) is 22.1. The Labute approximate surface area is 237 Å². The van der Waals surface area contributed by atoms with E-state index < -0.39 is 46.7 Å². The van der Waals surface area contributed by atoms with E-state index in [2.05, 4.69) is 0 Å². The normalized spacial score (nSPS) is 24.8. The van der Waals surface area contributed by atoms with Crippen molar-refractivity contribution in [3.8, 4) is 0 Å². The Morgan fingerprint density at radius 1 is 0.829 bits per heavy atom. The molecule has 6 rings (SSSR count). The minimum absolute atomic E-state index is 0.0182. The molecule has 0 radical (unpaired) electrons. The summed E-state index contributed by atoms with van der Waals surface area (Å²) >= 11 is 5.95. The number of carboxylic acids is 2. The van der Waals surface area contributed by atoms with E-state index >= 15 is 0 Å². The summed E-state index contributed by atoms with van der Waals surface area (Å²) in [6, 6.07) is 1.13. The van der Waals surface area contributed by atoms with E-state index in [1.807, 2.05) is 13.8 Å². The average molecular weight is 591 g/mol. The van der Waals surface area contributed by atoms with Gasteiger partial charge in [-0.2, -0.15) is 0 Å². The van der Waals surface area contributed by atoms with Crippen LogP contribution in [-0.2, 0) is 22.6 Å². The van der Waals surface area contributed by atoms with Gasteiger partial charge in [0.05, 0.1) is 26.3 Å². The van der Waals surface area contributed by atoms with Crippen molar-refractivity contribution in [3.05, 3.63) is 66.4 Å². The fraction of sp³-hybridized carbons (Fsp3) is 0.462. The summed E-state index contributed by atoms with van der Waals surface area (Å²) in [6.45, 7) is 5.53. The lowest BCUT2D eigenvalue weighted by molar-refractivity contribution is -0.112. The van der Waals surface area contributed by atoms with Crippen LogP contribution < -0.4 is 10.9 Å². The molecule has 14 nitrogen and oxygen atoms in total. The highest BCUT2D eigenvalue weighted by Crippen LogP contribution is 2.29. The third-order valence-electron chi connectivity index (χ3n) is 7.67. The summed E-state index contributed by atoms with van der Waals surface area (Å²) in [6.07, 6.45) is 2.97. The maximum atomic E-state index is 12.6. The van der Waals surface area contributed by atoms with Crippen LogP contribution in [0.5, 0.6) is 0 Å². The van der Waals surface area contributed by atoms with Gasteiger partial charge in [-0.25, -0.2) is 9.59 Å². The van der Waals surface area contributed by atoms with Crippen LogP contribution in [0, 0.1) is 0 Å². The molecule has 41 heavy (non-hydrogen) atoms. The van der Waals surface area contributed by atoms with Gasteiger partial charge < -0.3 is 38.6 Å². The highest BCUT2D eigenvalue weighted by atomic mass is 35.5. The highest BCUT2D eigenvalue weighted by molar-refractivity contribution is 6.33. The first kappa shape index (κ1) is 28.5. The lowest BCUT2D eigenvalue weighted by atomic mass is 10.1. The molecule has 2 fully saturated rings. The number of fused-ring (bicyclic) bond motifs is 4. The molecule has 2 aromatic rings. The number of hydrogen-bond acceptors (Lipinski definition) is 8. The maximum absolute atomic E-state index is 12.6. The van der Waals surface area contributed by atoms with Gasteiger partial charge in [-0.1, -0.05) is 11.6 Å². The minimum atomic E-state index is -1.37. The SMILES string of the molecule is C[C@@H]1CCO[C@H]2Cn3cc(C(=O)O)c(=O)c(Cl)c3C(=O)N12.C[C@@H]1CCO[C@H]2Cn3cc(C(=O)O)c(=O)cc3C(=O)N12. The number of aromatic nitrogens is 2. The summed E-state index contributed by atoms with van der Waals surface area (Å²) in [5.41, 5.74) is -2.03. The molecule has 2 amide bonds. The Morgan fingerprint density at radius 3 is 1.90 bits per heavy atom. The van der Waals surface area contributed by atoms with Crippen molar-refractivity contribution in [2.24, 2.45) is 0 Å². The van der Waals surface area contributed by atoms with E-state index in [0.717, 1.165) is 18.7 Å². The molecule has 0 aromatic carbocycles. The van der Waals surface area contributed by atoms with Gasteiger partial charge in [-0.05, 0) is 26.7 Å². The predicted octanol–water partition coefficient (Wildman–Crippen LogP) is 0.928. The molecule has 4 aliphatic rings. The minimum Gasteiger partial charge on any atom is -0.477 e. The Morgan fingerprint density at radius 2 is 1.34 bits per heavy atom. The number of carbonyl (C=O) groups is 4. The standard InChI is InChI=1S/C13H13ClN2O5.C13H14N2O5/c1-6-2-3-21-8-5-15-4-7(13(19)20)11(17)9(14)10(15)12(18)16(6)8;1-7-2-3-20-11-6-14-5-8(13(18)19)10(16)4-9(14)12(17)15(7)11/h4,6,8H,2-3,5H2,1H3,(H,19,20);4-5,7,11H,2-3,6H2,1H3,(H,18,19)/t6-,8+;7-,11+/m11/s1. The summed E-state index contributed by atoms with van der Waals surface area (Å²) < 4.78 is 14.0. The largest absolute Gasteiger partial charge is 0.477 e. The van der Waals surface area contributed by atoms with Crippen molar-refractivity contribution in [2.45, 2.75) is 64.3 Å². The van der Waals surface area contributed by atoms with Gasteiger partial charge in [-0.15, -0.1) is 0 Å². The van der Waals surface area contributed by atoms with Crippen molar-refractivity contribution in [3.63, 3.8) is 0 Å². The maximum Gasteiger partial charge on any atom is 0.341 e. The topological polar surface area (TPSA) is 178 Å². The number of carbonyl (C=O) groups excluding carboxylic acids is 2. The predicted molar refractivity (Wildman–Crippen MR) is 140 cm³/mol. The molecule has 0 unspecified atom stereocenters. The van der Waals surface area contributed by atoms with Gasteiger partial charge in [0.2, 0.25) is 5.43 Å². The molecule has 6 heterocycles. The molecule has 4 atom stereocenters. The summed E-state index contributed by atoms with van der Waals surface area (Å²) in [7, 11) is 0. The fourth-order valence-corrected chi connectivity index (χ4v) is 5.80. The zero-order chi connectivity index (χ0) is 29.7. The van der Waals surface area contributed by atoms with Crippen molar-refractivity contribution in [1.29, 1.82) is 0 Å². The van der Waals surface area contributed by atoms with Gasteiger partial charge in [0.25, 0.3) is 11.8 Å². The quantitative estimate of drug-likeness (QED) is 0.511.